The molecule has 27 heavy (non-hydrogen) atoms. The summed E-state index contributed by atoms with van der Waals surface area (Å²) >= 11 is 6.20. The summed E-state index contributed by atoms with van der Waals surface area (Å²) < 4.78 is 32.9. The number of piperazine rings is 1. The Morgan fingerprint density at radius 2 is 1.89 bits per heavy atom. The van der Waals surface area contributed by atoms with Crippen LogP contribution in [0.15, 0.2) is 17.0 Å². The molecule has 1 saturated heterocycles. The van der Waals surface area contributed by atoms with Crippen molar-refractivity contribution >= 4 is 39.1 Å². The van der Waals surface area contributed by atoms with Crippen LogP contribution >= 0.6 is 11.6 Å². The number of nitrogens with one attached hydrogen (secondary N) is 1. The van der Waals surface area contributed by atoms with E-state index in [9.17, 15) is 18.0 Å². The first-order chi connectivity index (χ1) is 12.8. The van der Waals surface area contributed by atoms with E-state index in [0.29, 0.717) is 18.8 Å². The van der Waals surface area contributed by atoms with E-state index in [1.54, 1.807) is 11.8 Å². The summed E-state index contributed by atoms with van der Waals surface area (Å²) in [5.41, 5.74) is 0.349. The van der Waals surface area contributed by atoms with Crippen molar-refractivity contribution in [2.45, 2.75) is 30.8 Å². The van der Waals surface area contributed by atoms with Gasteiger partial charge in [-0.2, -0.15) is 4.31 Å². The first kappa shape index (κ1) is 18.5. The summed E-state index contributed by atoms with van der Waals surface area (Å²) in [5.74, 6) is 0.202. The molecule has 2 aliphatic heterocycles. The summed E-state index contributed by atoms with van der Waals surface area (Å²) in [6.45, 7) is 2.78. The lowest BCUT2D eigenvalue weighted by Gasteiger charge is -2.34. The van der Waals surface area contributed by atoms with Crippen LogP contribution in [0.2, 0.25) is 5.02 Å². The van der Waals surface area contributed by atoms with Gasteiger partial charge < -0.3 is 15.0 Å². The minimum atomic E-state index is -3.84. The van der Waals surface area contributed by atoms with Crippen molar-refractivity contribution in [3.05, 3.63) is 17.2 Å². The second-order valence-corrected chi connectivity index (χ2v) is 9.35. The monoisotopic (exact) mass is 413 g/mol. The van der Waals surface area contributed by atoms with E-state index in [1.807, 2.05) is 0 Å². The molecule has 2 fully saturated rings. The molecule has 146 valence electrons. The van der Waals surface area contributed by atoms with Gasteiger partial charge in [0.1, 0.15) is 10.6 Å². The maximum Gasteiger partial charge on any atom is 0.265 e. The van der Waals surface area contributed by atoms with Gasteiger partial charge in [0.2, 0.25) is 15.9 Å². The number of hydrogen-bond donors (Lipinski definition) is 1. The largest absolute Gasteiger partial charge is 0.479 e. The van der Waals surface area contributed by atoms with Crippen LogP contribution in [-0.2, 0) is 19.6 Å². The van der Waals surface area contributed by atoms with Crippen LogP contribution in [0.1, 0.15) is 19.8 Å². The van der Waals surface area contributed by atoms with Gasteiger partial charge in [0.25, 0.3) is 5.91 Å². The third-order valence-corrected chi connectivity index (χ3v) is 7.42. The van der Waals surface area contributed by atoms with E-state index in [0.717, 1.165) is 12.8 Å². The summed E-state index contributed by atoms with van der Waals surface area (Å²) in [4.78, 5) is 25.5. The van der Waals surface area contributed by atoms with Crippen molar-refractivity contribution in [2.75, 3.05) is 31.5 Å². The molecule has 2 heterocycles. The van der Waals surface area contributed by atoms with E-state index >= 15 is 0 Å². The average Bonchev–Trinajstić information content (AvgIpc) is 3.47. The van der Waals surface area contributed by atoms with Crippen molar-refractivity contribution in [3.8, 4) is 5.75 Å². The number of nitrogens with zero attached hydrogens (tertiary/aromatic N) is 2. The fraction of sp³-hybridized carbons (Fsp3) is 0.529. The Morgan fingerprint density at radius 1 is 1.22 bits per heavy atom. The Hall–Kier alpha value is -1.84. The molecule has 1 unspecified atom stereocenters. The summed E-state index contributed by atoms with van der Waals surface area (Å²) in [6, 6.07) is 2.74. The number of halogens is 1. The number of sulfonamides is 1. The molecule has 0 radical (unpaired) electrons. The van der Waals surface area contributed by atoms with Gasteiger partial charge in [-0.15, -0.1) is 0 Å². The van der Waals surface area contributed by atoms with Crippen LogP contribution in [-0.4, -0.2) is 61.7 Å². The van der Waals surface area contributed by atoms with Gasteiger partial charge in [-0.25, -0.2) is 8.42 Å². The number of amides is 2. The number of benzene rings is 1. The zero-order valence-corrected chi connectivity index (χ0v) is 16.3. The third-order valence-electron chi connectivity index (χ3n) is 5.06. The fourth-order valence-corrected chi connectivity index (χ4v) is 5.22. The van der Waals surface area contributed by atoms with Crippen molar-refractivity contribution in [1.29, 1.82) is 0 Å². The Labute approximate surface area is 162 Å². The molecule has 1 saturated carbocycles. The molecule has 1 N–H and O–H groups in total. The number of carbonyl (C=O) groups is 2. The standard InChI is InChI=1S/C17H20ClN3O5S/c1-10-16(22)19-13-8-12(18)15(9-14(13)26-10)27(24,25)21-6-4-20(5-7-21)17(23)11-2-3-11/h8-11H,2-7H2,1H3,(H,19,22). The molecule has 10 heteroatoms. The fourth-order valence-electron chi connectivity index (χ4n) is 3.28. The number of hydrogen-bond acceptors (Lipinski definition) is 5. The molecule has 8 nitrogen and oxygen atoms in total. The van der Waals surface area contributed by atoms with Crippen LogP contribution < -0.4 is 10.1 Å². The van der Waals surface area contributed by atoms with E-state index in [1.165, 1.54) is 16.4 Å². The number of ether oxygens (including phenoxy) is 1. The molecule has 4 rings (SSSR count). The maximum atomic E-state index is 13.1. The molecule has 0 bridgehead atoms. The summed E-state index contributed by atoms with van der Waals surface area (Å²) in [5, 5.41) is 2.66. The lowest BCUT2D eigenvalue weighted by atomic mass is 10.2. The van der Waals surface area contributed by atoms with Crippen molar-refractivity contribution < 1.29 is 22.7 Å². The first-order valence-corrected chi connectivity index (χ1v) is 10.7. The Bertz CT molecular complexity index is 907. The molecule has 1 aromatic carbocycles. The van der Waals surface area contributed by atoms with Gasteiger partial charge in [0.05, 0.1) is 10.7 Å². The first-order valence-electron chi connectivity index (χ1n) is 8.87. The highest BCUT2D eigenvalue weighted by Gasteiger charge is 2.37. The molecule has 1 atom stereocenters. The minimum Gasteiger partial charge on any atom is -0.479 e. The number of anilines is 1. The Kier molecular flexibility index (Phi) is 4.56. The van der Waals surface area contributed by atoms with Gasteiger partial charge in [0, 0.05) is 38.2 Å². The number of rotatable bonds is 3. The minimum absolute atomic E-state index is 0.0173. The molecule has 3 aliphatic rings. The second-order valence-electron chi connectivity index (χ2n) is 7.03. The third kappa shape index (κ3) is 3.39. The highest BCUT2D eigenvalue weighted by molar-refractivity contribution is 7.89. The average molecular weight is 414 g/mol. The Morgan fingerprint density at radius 3 is 2.52 bits per heavy atom. The molecule has 1 aliphatic carbocycles. The van der Waals surface area contributed by atoms with Gasteiger partial charge >= 0.3 is 0 Å². The van der Waals surface area contributed by atoms with Gasteiger partial charge in [-0.3, -0.25) is 9.59 Å². The number of carbonyl (C=O) groups excluding carboxylic acids is 2. The van der Waals surface area contributed by atoms with E-state index in [4.69, 9.17) is 16.3 Å². The second kappa shape index (κ2) is 6.65. The summed E-state index contributed by atoms with van der Waals surface area (Å²) in [7, 11) is -3.84. The lowest BCUT2D eigenvalue weighted by Crippen LogP contribution is -2.51. The highest BCUT2D eigenvalue weighted by atomic mass is 35.5. The topological polar surface area (TPSA) is 96.0 Å². The maximum absolute atomic E-state index is 13.1. The molecule has 1 aromatic rings. The van der Waals surface area contributed by atoms with Crippen LogP contribution in [0, 0.1) is 5.92 Å². The Balaban J connectivity index is 1.55. The quantitative estimate of drug-likeness (QED) is 0.805. The molecule has 0 aromatic heterocycles. The highest BCUT2D eigenvalue weighted by Crippen LogP contribution is 2.38. The smallest absolute Gasteiger partial charge is 0.265 e. The van der Waals surface area contributed by atoms with E-state index in [2.05, 4.69) is 5.32 Å². The van der Waals surface area contributed by atoms with Crippen molar-refractivity contribution in [1.82, 2.24) is 9.21 Å². The zero-order valence-electron chi connectivity index (χ0n) is 14.8. The summed E-state index contributed by atoms with van der Waals surface area (Å²) in [6.07, 6.45) is 1.14. The van der Waals surface area contributed by atoms with Crippen molar-refractivity contribution in [3.63, 3.8) is 0 Å². The molecule has 0 spiro atoms. The van der Waals surface area contributed by atoms with Crippen LogP contribution in [0.4, 0.5) is 5.69 Å². The van der Waals surface area contributed by atoms with Crippen LogP contribution in [0.5, 0.6) is 5.75 Å². The van der Waals surface area contributed by atoms with Crippen LogP contribution in [0.25, 0.3) is 0 Å². The molecular weight excluding hydrogens is 394 g/mol. The molecule has 2 amide bonds. The normalized spacial score (nSPS) is 23.4. The molecular formula is C17H20ClN3O5S. The van der Waals surface area contributed by atoms with Crippen LogP contribution in [0.3, 0.4) is 0 Å². The van der Waals surface area contributed by atoms with E-state index < -0.39 is 16.1 Å². The van der Waals surface area contributed by atoms with Gasteiger partial charge in [-0.05, 0) is 25.8 Å². The van der Waals surface area contributed by atoms with Gasteiger partial charge in [0.15, 0.2) is 6.10 Å². The lowest BCUT2D eigenvalue weighted by molar-refractivity contribution is -0.133. The van der Waals surface area contributed by atoms with Crippen molar-refractivity contribution in [2.24, 2.45) is 5.92 Å². The predicted octanol–water partition coefficient (Wildman–Crippen LogP) is 1.30. The predicted molar refractivity (Wildman–Crippen MR) is 98.2 cm³/mol. The zero-order chi connectivity index (χ0) is 19.3. The SMILES string of the molecule is CC1Oc2cc(S(=O)(=O)N3CCN(C(=O)C4CC4)CC3)c(Cl)cc2NC1=O. The van der Waals surface area contributed by atoms with E-state index in [-0.39, 0.29) is 46.5 Å². The van der Waals surface area contributed by atoms with Gasteiger partial charge in [-0.1, -0.05) is 11.6 Å². The number of fused-ring (bicyclic) bond motifs is 1.